The van der Waals surface area contributed by atoms with Crippen LogP contribution >= 0.6 is 0 Å². The molecule has 2 aromatic carbocycles. The standard InChI is InChI=1S/C26H30N2O3/c1-2-3-15-27-26-24(14-8-16-28-26)25(29)22-12-7-13-23(19-22)31-18-9-17-30-20-21-10-5-4-6-11-21/h4-8,10-14,16,19H,2-3,9,15,17-18,20H2,1H3,(H,27,28). The molecule has 1 N–H and O–H groups in total. The zero-order valence-corrected chi connectivity index (χ0v) is 18.0. The molecule has 0 aliphatic rings. The molecule has 3 rings (SSSR count). The van der Waals surface area contributed by atoms with Crippen LogP contribution in [0.25, 0.3) is 0 Å². The summed E-state index contributed by atoms with van der Waals surface area (Å²) in [6.07, 6.45) is 4.59. The molecule has 0 amide bonds. The number of benzene rings is 2. The van der Waals surface area contributed by atoms with Crippen LogP contribution in [0.1, 0.15) is 47.7 Å². The third-order valence-corrected chi connectivity index (χ3v) is 4.78. The predicted octanol–water partition coefficient (Wildman–Crippen LogP) is 5.51. The number of ether oxygens (including phenoxy) is 2. The van der Waals surface area contributed by atoms with Crippen LogP contribution in [-0.2, 0) is 11.3 Å². The van der Waals surface area contributed by atoms with Crippen molar-refractivity contribution in [2.45, 2.75) is 32.8 Å². The molecule has 1 heterocycles. The highest BCUT2D eigenvalue weighted by Gasteiger charge is 2.15. The Morgan fingerprint density at radius 3 is 2.68 bits per heavy atom. The lowest BCUT2D eigenvalue weighted by atomic mass is 10.0. The van der Waals surface area contributed by atoms with Gasteiger partial charge in [-0.3, -0.25) is 4.79 Å². The van der Waals surface area contributed by atoms with Gasteiger partial charge in [-0.15, -0.1) is 0 Å². The topological polar surface area (TPSA) is 60.5 Å². The van der Waals surface area contributed by atoms with Crippen molar-refractivity contribution in [3.63, 3.8) is 0 Å². The minimum Gasteiger partial charge on any atom is -0.493 e. The van der Waals surface area contributed by atoms with Crippen LogP contribution in [0.2, 0.25) is 0 Å². The molecular weight excluding hydrogens is 388 g/mol. The van der Waals surface area contributed by atoms with E-state index in [1.165, 1.54) is 0 Å². The van der Waals surface area contributed by atoms with E-state index in [0.717, 1.165) is 31.4 Å². The molecule has 1 aromatic heterocycles. The molecule has 5 heteroatoms. The van der Waals surface area contributed by atoms with Gasteiger partial charge in [0, 0.05) is 24.7 Å². The van der Waals surface area contributed by atoms with Crippen LogP contribution in [0.3, 0.4) is 0 Å². The first kappa shape index (κ1) is 22.5. The van der Waals surface area contributed by atoms with Crippen LogP contribution in [0.4, 0.5) is 5.82 Å². The summed E-state index contributed by atoms with van der Waals surface area (Å²) < 4.78 is 11.5. The fraction of sp³-hybridized carbons (Fsp3) is 0.308. The zero-order valence-electron chi connectivity index (χ0n) is 18.0. The molecule has 0 saturated heterocycles. The van der Waals surface area contributed by atoms with Crippen molar-refractivity contribution in [1.29, 1.82) is 0 Å². The highest BCUT2D eigenvalue weighted by atomic mass is 16.5. The normalized spacial score (nSPS) is 10.6. The molecule has 0 radical (unpaired) electrons. The largest absolute Gasteiger partial charge is 0.493 e. The van der Waals surface area contributed by atoms with E-state index in [9.17, 15) is 4.79 Å². The second-order valence-electron chi connectivity index (χ2n) is 7.28. The van der Waals surface area contributed by atoms with Gasteiger partial charge >= 0.3 is 0 Å². The van der Waals surface area contributed by atoms with E-state index < -0.39 is 0 Å². The highest BCUT2D eigenvalue weighted by molar-refractivity contribution is 6.12. The van der Waals surface area contributed by atoms with Crippen molar-refractivity contribution in [1.82, 2.24) is 4.98 Å². The summed E-state index contributed by atoms with van der Waals surface area (Å²) in [5.74, 6) is 1.24. The van der Waals surface area contributed by atoms with Crippen molar-refractivity contribution in [2.75, 3.05) is 25.1 Å². The summed E-state index contributed by atoms with van der Waals surface area (Å²) in [7, 11) is 0. The third kappa shape index (κ3) is 7.23. The molecule has 31 heavy (non-hydrogen) atoms. The van der Waals surface area contributed by atoms with Gasteiger partial charge < -0.3 is 14.8 Å². The van der Waals surface area contributed by atoms with Crippen molar-refractivity contribution in [2.24, 2.45) is 0 Å². The Hall–Kier alpha value is -3.18. The van der Waals surface area contributed by atoms with E-state index in [2.05, 4.69) is 17.2 Å². The minimum absolute atomic E-state index is 0.0660. The Kier molecular flexibility index (Phi) is 9.07. The Morgan fingerprint density at radius 2 is 1.84 bits per heavy atom. The number of rotatable bonds is 13. The van der Waals surface area contributed by atoms with E-state index in [0.29, 0.717) is 42.5 Å². The average Bonchev–Trinajstić information content (AvgIpc) is 2.82. The number of anilines is 1. The first-order chi connectivity index (χ1) is 15.3. The van der Waals surface area contributed by atoms with Crippen LogP contribution < -0.4 is 10.1 Å². The van der Waals surface area contributed by atoms with Crippen LogP contribution in [0, 0.1) is 0 Å². The molecule has 0 atom stereocenters. The van der Waals surface area contributed by atoms with Crippen molar-refractivity contribution >= 4 is 11.6 Å². The Bertz CT molecular complexity index is 944. The molecule has 0 saturated carbocycles. The van der Waals surface area contributed by atoms with E-state index >= 15 is 0 Å². The maximum Gasteiger partial charge on any atom is 0.196 e. The van der Waals surface area contributed by atoms with E-state index in [-0.39, 0.29) is 5.78 Å². The Morgan fingerprint density at radius 1 is 0.968 bits per heavy atom. The van der Waals surface area contributed by atoms with Gasteiger partial charge in [-0.05, 0) is 36.2 Å². The summed E-state index contributed by atoms with van der Waals surface area (Å²) >= 11 is 0. The van der Waals surface area contributed by atoms with Gasteiger partial charge in [0.15, 0.2) is 5.78 Å². The number of hydrogen-bond acceptors (Lipinski definition) is 5. The van der Waals surface area contributed by atoms with Crippen LogP contribution in [0.5, 0.6) is 5.75 Å². The van der Waals surface area contributed by atoms with E-state index in [4.69, 9.17) is 9.47 Å². The summed E-state index contributed by atoms with van der Waals surface area (Å²) in [5, 5.41) is 3.27. The lowest BCUT2D eigenvalue weighted by Gasteiger charge is -2.11. The van der Waals surface area contributed by atoms with Crippen LogP contribution in [0.15, 0.2) is 72.9 Å². The maximum absolute atomic E-state index is 13.0. The number of nitrogens with zero attached hydrogens (tertiary/aromatic N) is 1. The lowest BCUT2D eigenvalue weighted by molar-refractivity contribution is 0.103. The molecule has 0 aliphatic carbocycles. The molecule has 3 aromatic rings. The molecule has 0 fully saturated rings. The van der Waals surface area contributed by atoms with Crippen LogP contribution in [-0.4, -0.2) is 30.5 Å². The second-order valence-corrected chi connectivity index (χ2v) is 7.28. The molecule has 162 valence electrons. The zero-order chi connectivity index (χ0) is 21.7. The predicted molar refractivity (Wildman–Crippen MR) is 124 cm³/mol. The molecule has 0 spiro atoms. The molecule has 0 unspecified atom stereocenters. The first-order valence-electron chi connectivity index (χ1n) is 10.9. The Labute approximate surface area is 184 Å². The number of pyridine rings is 1. The molecular formula is C26H30N2O3. The van der Waals surface area contributed by atoms with E-state index in [1.807, 2.05) is 42.5 Å². The van der Waals surface area contributed by atoms with Gasteiger partial charge in [0.2, 0.25) is 0 Å². The fourth-order valence-corrected chi connectivity index (χ4v) is 3.11. The van der Waals surface area contributed by atoms with Gasteiger partial charge in [0.05, 0.1) is 25.4 Å². The number of unbranched alkanes of at least 4 members (excludes halogenated alkanes) is 1. The Balaban J connectivity index is 1.50. The fourth-order valence-electron chi connectivity index (χ4n) is 3.11. The number of carbonyl (C=O) groups is 1. The smallest absolute Gasteiger partial charge is 0.196 e. The first-order valence-corrected chi connectivity index (χ1v) is 10.9. The summed E-state index contributed by atoms with van der Waals surface area (Å²) in [4.78, 5) is 17.4. The van der Waals surface area contributed by atoms with E-state index in [1.54, 1.807) is 30.5 Å². The van der Waals surface area contributed by atoms with Gasteiger partial charge in [0.1, 0.15) is 11.6 Å². The number of aromatic nitrogens is 1. The van der Waals surface area contributed by atoms with Gasteiger partial charge in [-0.2, -0.15) is 0 Å². The number of carbonyl (C=O) groups excluding carboxylic acids is 1. The molecule has 0 aliphatic heterocycles. The molecule has 5 nitrogen and oxygen atoms in total. The van der Waals surface area contributed by atoms with Gasteiger partial charge in [-0.25, -0.2) is 4.98 Å². The number of nitrogens with one attached hydrogen (secondary N) is 1. The average molecular weight is 419 g/mol. The quantitative estimate of drug-likeness (QED) is 0.293. The summed E-state index contributed by atoms with van der Waals surface area (Å²) in [6.45, 7) is 4.68. The summed E-state index contributed by atoms with van der Waals surface area (Å²) in [5.41, 5.74) is 2.32. The van der Waals surface area contributed by atoms with Gasteiger partial charge in [-0.1, -0.05) is 55.8 Å². The number of hydrogen-bond donors (Lipinski definition) is 1. The monoisotopic (exact) mass is 418 g/mol. The summed E-state index contributed by atoms with van der Waals surface area (Å²) in [6, 6.07) is 21.0. The van der Waals surface area contributed by atoms with Crippen molar-refractivity contribution in [3.8, 4) is 5.75 Å². The van der Waals surface area contributed by atoms with Gasteiger partial charge in [0.25, 0.3) is 0 Å². The number of ketones is 1. The lowest BCUT2D eigenvalue weighted by Crippen LogP contribution is -2.10. The van der Waals surface area contributed by atoms with Crippen molar-refractivity contribution in [3.05, 3.63) is 89.6 Å². The third-order valence-electron chi connectivity index (χ3n) is 4.78. The SMILES string of the molecule is CCCCNc1ncccc1C(=O)c1cccc(OCCCOCc2ccccc2)c1. The maximum atomic E-state index is 13.0. The molecule has 0 bridgehead atoms. The minimum atomic E-state index is -0.0660. The van der Waals surface area contributed by atoms with Crippen molar-refractivity contribution < 1.29 is 14.3 Å². The second kappa shape index (κ2) is 12.5. The highest BCUT2D eigenvalue weighted by Crippen LogP contribution is 2.20.